The van der Waals surface area contributed by atoms with Crippen LogP contribution in [0.1, 0.15) is 39.2 Å². The van der Waals surface area contributed by atoms with Crippen LogP contribution in [0.15, 0.2) is 12.7 Å². The van der Waals surface area contributed by atoms with Gasteiger partial charge in [-0.05, 0) is 26.7 Å². The number of halogens is 1. The molecule has 0 aliphatic heterocycles. The Hall–Kier alpha value is -1.05. The highest BCUT2D eigenvalue weighted by atomic mass is 35.5. The summed E-state index contributed by atoms with van der Waals surface area (Å²) in [5.41, 5.74) is 1.34. The second kappa shape index (κ2) is 8.76. The molecule has 1 aliphatic carbocycles. The zero-order valence-corrected chi connectivity index (χ0v) is 16.7. The van der Waals surface area contributed by atoms with Gasteiger partial charge >= 0.3 is 7.60 Å². The van der Waals surface area contributed by atoms with Crippen LogP contribution in [-0.4, -0.2) is 45.7 Å². The molecule has 2 atom stereocenters. The third-order valence-corrected chi connectivity index (χ3v) is 6.60. The first-order valence-electron chi connectivity index (χ1n) is 8.87. The number of hydrogen-bond acceptors (Lipinski definition) is 7. The van der Waals surface area contributed by atoms with Crippen LogP contribution >= 0.6 is 19.2 Å². The highest BCUT2D eigenvalue weighted by Gasteiger charge is 2.32. The first-order valence-corrected chi connectivity index (χ1v) is 11.0. The molecule has 0 bridgehead atoms. The van der Waals surface area contributed by atoms with Gasteiger partial charge in [0.05, 0.1) is 26.1 Å². The molecular weight excluding hydrogens is 379 g/mol. The van der Waals surface area contributed by atoms with Gasteiger partial charge in [0, 0.05) is 12.0 Å². The third-order valence-electron chi connectivity index (χ3n) is 4.52. The fourth-order valence-corrected chi connectivity index (χ4v) is 4.98. The molecular formula is C16H24ClN4O4P. The standard InChI is InChI=1S/C16H24ClN4O4P/c1-3-24-26(22,25-4-2)11-23-8-12-6-5-7-13(12)21-10-20-14-15(17)18-9-19-16(14)21/h9-10,12-13H,3-8,11H2,1-2H3/t12-,13-/m0/s1. The number of imidazole rings is 1. The molecule has 26 heavy (non-hydrogen) atoms. The Bertz CT molecular complexity index is 777. The van der Waals surface area contributed by atoms with Gasteiger partial charge in [0.1, 0.15) is 18.2 Å². The SMILES string of the molecule is CCOP(=O)(COC[C@@H]1CCC[C@@H]1n1cnc2c(Cl)ncnc21)OCC. The summed E-state index contributed by atoms with van der Waals surface area (Å²) in [4.78, 5) is 12.6. The van der Waals surface area contributed by atoms with E-state index in [1.165, 1.54) is 6.33 Å². The summed E-state index contributed by atoms with van der Waals surface area (Å²) in [7, 11) is -3.18. The average molecular weight is 403 g/mol. The topological polar surface area (TPSA) is 88.4 Å². The Morgan fingerprint density at radius 1 is 1.23 bits per heavy atom. The molecule has 144 valence electrons. The van der Waals surface area contributed by atoms with Crippen LogP contribution in [0.25, 0.3) is 11.2 Å². The van der Waals surface area contributed by atoms with E-state index < -0.39 is 7.60 Å². The van der Waals surface area contributed by atoms with Gasteiger partial charge in [-0.2, -0.15) is 0 Å². The quantitative estimate of drug-likeness (QED) is 0.461. The maximum atomic E-state index is 12.5. The Morgan fingerprint density at radius 3 is 2.73 bits per heavy atom. The van der Waals surface area contributed by atoms with Crippen LogP contribution in [0.2, 0.25) is 5.15 Å². The minimum atomic E-state index is -3.18. The number of hydrogen-bond donors (Lipinski definition) is 0. The summed E-state index contributed by atoms with van der Waals surface area (Å²) in [5, 5.41) is 0.355. The van der Waals surface area contributed by atoms with Gasteiger partial charge in [-0.1, -0.05) is 18.0 Å². The summed E-state index contributed by atoms with van der Waals surface area (Å²) < 4.78 is 30.8. The van der Waals surface area contributed by atoms with Crippen LogP contribution < -0.4 is 0 Å². The second-order valence-corrected chi connectivity index (χ2v) is 8.55. The zero-order chi connectivity index (χ0) is 18.6. The summed E-state index contributed by atoms with van der Waals surface area (Å²) in [6.07, 6.45) is 6.30. The number of ether oxygens (including phenoxy) is 1. The fourth-order valence-electron chi connectivity index (χ4n) is 3.47. The predicted octanol–water partition coefficient (Wildman–Crippen LogP) is 4.06. The van der Waals surface area contributed by atoms with Crippen molar-refractivity contribution in [1.82, 2.24) is 19.5 Å². The highest BCUT2D eigenvalue weighted by Crippen LogP contribution is 2.48. The van der Waals surface area contributed by atoms with Gasteiger partial charge in [0.15, 0.2) is 10.8 Å². The molecule has 0 radical (unpaired) electrons. The first-order chi connectivity index (χ1) is 12.6. The molecule has 10 heteroatoms. The van der Waals surface area contributed by atoms with Crippen molar-refractivity contribution in [2.24, 2.45) is 5.92 Å². The van der Waals surface area contributed by atoms with Gasteiger partial charge in [0.2, 0.25) is 0 Å². The Kier molecular flexibility index (Phi) is 6.64. The number of nitrogens with zero attached hydrogens (tertiary/aromatic N) is 4. The molecule has 0 amide bonds. The summed E-state index contributed by atoms with van der Waals surface area (Å²) >= 11 is 6.10. The van der Waals surface area contributed by atoms with Gasteiger partial charge in [0.25, 0.3) is 0 Å². The van der Waals surface area contributed by atoms with Crippen LogP contribution in [-0.2, 0) is 18.3 Å². The molecule has 2 aromatic heterocycles. The fraction of sp³-hybridized carbons (Fsp3) is 0.688. The van der Waals surface area contributed by atoms with Gasteiger partial charge in [-0.15, -0.1) is 0 Å². The second-order valence-electron chi connectivity index (χ2n) is 6.19. The molecule has 1 saturated carbocycles. The lowest BCUT2D eigenvalue weighted by atomic mass is 10.1. The third kappa shape index (κ3) is 4.26. The van der Waals surface area contributed by atoms with E-state index in [-0.39, 0.29) is 18.3 Å². The van der Waals surface area contributed by atoms with Crippen molar-refractivity contribution in [3.63, 3.8) is 0 Å². The maximum Gasteiger partial charge on any atom is 0.356 e. The molecule has 0 saturated heterocycles. The van der Waals surface area contributed by atoms with Gasteiger partial charge in [-0.3, -0.25) is 4.57 Å². The summed E-state index contributed by atoms with van der Waals surface area (Å²) in [6, 6.07) is 0.213. The number of aromatic nitrogens is 4. The Balaban J connectivity index is 1.67. The van der Waals surface area contributed by atoms with Crippen LogP contribution in [0, 0.1) is 5.92 Å². The van der Waals surface area contributed by atoms with E-state index >= 15 is 0 Å². The Labute approximate surface area is 157 Å². The smallest absolute Gasteiger partial charge is 0.356 e. The molecule has 0 spiro atoms. The van der Waals surface area contributed by atoms with E-state index in [4.69, 9.17) is 25.4 Å². The van der Waals surface area contributed by atoms with Gasteiger partial charge in [-0.25, -0.2) is 15.0 Å². The molecule has 2 heterocycles. The summed E-state index contributed by atoms with van der Waals surface area (Å²) in [6.45, 7) is 4.71. The summed E-state index contributed by atoms with van der Waals surface area (Å²) in [5.74, 6) is 0.276. The molecule has 8 nitrogen and oxygen atoms in total. The van der Waals surface area contributed by atoms with Crippen molar-refractivity contribution in [1.29, 1.82) is 0 Å². The molecule has 3 rings (SSSR count). The van der Waals surface area contributed by atoms with Crippen LogP contribution in [0.3, 0.4) is 0 Å². The van der Waals surface area contributed by atoms with E-state index in [1.807, 2.05) is 0 Å². The van der Waals surface area contributed by atoms with Crippen molar-refractivity contribution in [2.45, 2.75) is 39.2 Å². The molecule has 0 aromatic carbocycles. The average Bonchev–Trinajstić information content (AvgIpc) is 3.22. The van der Waals surface area contributed by atoms with Crippen LogP contribution in [0.5, 0.6) is 0 Å². The van der Waals surface area contributed by atoms with E-state index in [9.17, 15) is 4.57 Å². The largest absolute Gasteiger partial charge is 0.368 e. The van der Waals surface area contributed by atoms with Crippen molar-refractivity contribution in [2.75, 3.05) is 26.2 Å². The van der Waals surface area contributed by atoms with E-state index in [1.54, 1.807) is 20.2 Å². The van der Waals surface area contributed by atoms with E-state index in [0.29, 0.717) is 30.5 Å². The number of rotatable bonds is 9. The lowest BCUT2D eigenvalue weighted by Crippen LogP contribution is -2.19. The molecule has 1 aliphatic rings. The monoisotopic (exact) mass is 402 g/mol. The molecule has 0 N–H and O–H groups in total. The van der Waals surface area contributed by atoms with Crippen LogP contribution in [0.4, 0.5) is 0 Å². The van der Waals surface area contributed by atoms with Crippen molar-refractivity contribution < 1.29 is 18.3 Å². The van der Waals surface area contributed by atoms with E-state index in [0.717, 1.165) is 24.9 Å². The minimum Gasteiger partial charge on any atom is -0.368 e. The number of fused-ring (bicyclic) bond motifs is 1. The van der Waals surface area contributed by atoms with Gasteiger partial charge < -0.3 is 18.4 Å². The van der Waals surface area contributed by atoms with Crippen molar-refractivity contribution >= 4 is 30.4 Å². The molecule has 0 unspecified atom stereocenters. The highest BCUT2D eigenvalue weighted by molar-refractivity contribution is 7.53. The maximum absolute atomic E-state index is 12.5. The normalized spacial score (nSPS) is 20.9. The Morgan fingerprint density at radius 2 is 2.00 bits per heavy atom. The van der Waals surface area contributed by atoms with Crippen molar-refractivity contribution in [3.05, 3.63) is 17.8 Å². The zero-order valence-electron chi connectivity index (χ0n) is 15.0. The lowest BCUT2D eigenvalue weighted by molar-refractivity contribution is 0.0956. The first kappa shape index (κ1) is 19.7. The predicted molar refractivity (Wildman–Crippen MR) is 98.4 cm³/mol. The lowest BCUT2D eigenvalue weighted by Gasteiger charge is -2.23. The molecule has 2 aromatic rings. The van der Waals surface area contributed by atoms with E-state index in [2.05, 4.69) is 19.5 Å². The molecule has 1 fully saturated rings. The minimum absolute atomic E-state index is 0.0312. The van der Waals surface area contributed by atoms with Crippen molar-refractivity contribution in [3.8, 4) is 0 Å².